The third-order valence-corrected chi connectivity index (χ3v) is 18.4. The summed E-state index contributed by atoms with van der Waals surface area (Å²) in [4.78, 5) is 0. The second-order valence-corrected chi connectivity index (χ2v) is 23.2. The van der Waals surface area contributed by atoms with E-state index in [1.54, 1.807) is 0 Å². The minimum absolute atomic E-state index is 0.549. The Kier molecular flexibility index (Phi) is 11.8. The summed E-state index contributed by atoms with van der Waals surface area (Å²) in [5.41, 5.74) is 28.5. The molecule has 14 aromatic carbocycles. The molecule has 0 fully saturated rings. The number of para-hydroxylation sites is 2. The largest absolute Gasteiger partial charge is 0.309 e. The van der Waals surface area contributed by atoms with Crippen LogP contribution in [0.25, 0.3) is 133 Å². The summed E-state index contributed by atoms with van der Waals surface area (Å²) in [6.45, 7) is 0. The second kappa shape index (κ2) is 20.5. The lowest BCUT2D eigenvalue weighted by Crippen LogP contribution is -2.28. The van der Waals surface area contributed by atoms with Gasteiger partial charge in [0.15, 0.2) is 0 Å². The average molecular weight is 1110 g/mol. The fraction of sp³-hybridized carbons (Fsp3) is 0.0118. The lowest BCUT2D eigenvalue weighted by Gasteiger charge is -2.34. The number of fused-ring (bicyclic) bond motifs is 9. The quantitative estimate of drug-likeness (QED) is 0.129. The Morgan fingerprint density at radius 1 is 0.184 bits per heavy atom. The summed E-state index contributed by atoms with van der Waals surface area (Å²) in [5, 5.41) is 4.95. The van der Waals surface area contributed by atoms with Crippen molar-refractivity contribution in [1.82, 2.24) is 9.13 Å². The molecule has 1 aliphatic rings. The molecule has 16 aromatic rings. The van der Waals surface area contributed by atoms with Gasteiger partial charge in [-0.05, 0) is 179 Å². The number of nitrogens with zero attached hydrogens (tertiary/aromatic N) is 2. The van der Waals surface area contributed by atoms with Crippen molar-refractivity contribution in [1.29, 1.82) is 0 Å². The van der Waals surface area contributed by atoms with E-state index in [1.165, 1.54) is 144 Å². The molecule has 0 saturated carbocycles. The van der Waals surface area contributed by atoms with E-state index in [0.717, 1.165) is 11.4 Å². The SMILES string of the molecule is c1ccc(-c2cccc(-c3cccc(C4(c5cccc(-c6ccc(-c7ccc(-n8c9ccccc9c9cc(-c%10ccc%11c(c%10)c%10ccccc%10n%11-c%10cccc(-c%11ccccc%11)c%10)ccc98)cc7)cc6)c5)c5ccccc5-c5ccccc54)c3)c2)cc1. The zero-order chi connectivity index (χ0) is 57.4. The van der Waals surface area contributed by atoms with E-state index in [-0.39, 0.29) is 0 Å². The molecule has 2 heterocycles. The smallest absolute Gasteiger partial charge is 0.0713 e. The van der Waals surface area contributed by atoms with Crippen molar-refractivity contribution in [2.75, 3.05) is 0 Å². The molecule has 2 aromatic heterocycles. The monoisotopic (exact) mass is 1100 g/mol. The van der Waals surface area contributed by atoms with Crippen LogP contribution < -0.4 is 0 Å². The van der Waals surface area contributed by atoms with Gasteiger partial charge in [-0.2, -0.15) is 0 Å². The first-order valence-corrected chi connectivity index (χ1v) is 30.1. The molecule has 17 rings (SSSR count). The van der Waals surface area contributed by atoms with E-state index in [1.807, 2.05) is 0 Å². The highest BCUT2D eigenvalue weighted by molar-refractivity contribution is 6.13. The molecule has 406 valence electrons. The van der Waals surface area contributed by atoms with Gasteiger partial charge in [0.2, 0.25) is 0 Å². The molecule has 0 aliphatic heterocycles. The van der Waals surface area contributed by atoms with Crippen LogP contribution in [0, 0.1) is 0 Å². The average Bonchev–Trinajstić information content (AvgIpc) is 1.86. The Bertz CT molecular complexity index is 5270. The summed E-state index contributed by atoms with van der Waals surface area (Å²) in [6, 6.07) is 126. The molecule has 87 heavy (non-hydrogen) atoms. The highest BCUT2D eigenvalue weighted by Gasteiger charge is 2.46. The molecule has 0 saturated heterocycles. The fourth-order valence-electron chi connectivity index (χ4n) is 14.4. The van der Waals surface area contributed by atoms with E-state index in [9.17, 15) is 0 Å². The maximum absolute atomic E-state index is 2.44. The summed E-state index contributed by atoms with van der Waals surface area (Å²) in [7, 11) is 0. The minimum Gasteiger partial charge on any atom is -0.309 e. The van der Waals surface area contributed by atoms with Crippen LogP contribution in [0.2, 0.25) is 0 Å². The van der Waals surface area contributed by atoms with E-state index in [0.29, 0.717) is 0 Å². The molecule has 0 N–H and O–H groups in total. The van der Waals surface area contributed by atoms with Crippen molar-refractivity contribution in [3.63, 3.8) is 0 Å². The maximum Gasteiger partial charge on any atom is 0.0713 e. The van der Waals surface area contributed by atoms with Gasteiger partial charge in [-0.15, -0.1) is 0 Å². The highest BCUT2D eigenvalue weighted by atomic mass is 15.0. The molecule has 0 radical (unpaired) electrons. The third-order valence-electron chi connectivity index (χ3n) is 18.4. The number of rotatable bonds is 10. The Balaban J connectivity index is 0.691. The van der Waals surface area contributed by atoms with Crippen molar-refractivity contribution in [2.24, 2.45) is 0 Å². The zero-order valence-electron chi connectivity index (χ0n) is 47.7. The van der Waals surface area contributed by atoms with Crippen molar-refractivity contribution in [3.05, 3.63) is 362 Å². The van der Waals surface area contributed by atoms with Gasteiger partial charge in [-0.1, -0.05) is 261 Å². The van der Waals surface area contributed by atoms with Crippen molar-refractivity contribution in [3.8, 4) is 89.3 Å². The van der Waals surface area contributed by atoms with E-state index >= 15 is 0 Å². The summed E-state index contributed by atoms with van der Waals surface area (Å²) in [5.74, 6) is 0. The first-order chi connectivity index (χ1) is 43.1. The van der Waals surface area contributed by atoms with Crippen LogP contribution in [0.5, 0.6) is 0 Å². The predicted molar refractivity (Wildman–Crippen MR) is 365 cm³/mol. The van der Waals surface area contributed by atoms with Crippen molar-refractivity contribution >= 4 is 43.6 Å². The Morgan fingerprint density at radius 2 is 0.517 bits per heavy atom. The van der Waals surface area contributed by atoms with Gasteiger partial charge in [0.05, 0.1) is 27.5 Å². The molecule has 0 spiro atoms. The summed E-state index contributed by atoms with van der Waals surface area (Å²) < 4.78 is 4.83. The van der Waals surface area contributed by atoms with Gasteiger partial charge < -0.3 is 9.13 Å². The molecule has 2 nitrogen and oxygen atoms in total. The number of hydrogen-bond donors (Lipinski definition) is 0. The van der Waals surface area contributed by atoms with Crippen molar-refractivity contribution in [2.45, 2.75) is 5.41 Å². The molecule has 0 atom stereocenters. The van der Waals surface area contributed by atoms with Crippen LogP contribution in [0.15, 0.2) is 340 Å². The van der Waals surface area contributed by atoms with E-state index < -0.39 is 5.41 Å². The predicted octanol–water partition coefficient (Wildman–Crippen LogP) is 22.2. The molecular formula is C85H56N2. The first kappa shape index (κ1) is 50.2. The summed E-state index contributed by atoms with van der Waals surface area (Å²) >= 11 is 0. The third kappa shape index (κ3) is 8.25. The minimum atomic E-state index is -0.549. The number of hydrogen-bond acceptors (Lipinski definition) is 0. The van der Waals surface area contributed by atoms with Crippen LogP contribution >= 0.6 is 0 Å². The maximum atomic E-state index is 2.44. The standard InChI is InChI=1S/C85H56N2/c1-3-19-57(20-4-1)62-23-15-24-63(51-62)65-26-17-29-70(53-65)85(79-35-11-7-31-73(79)74-32-8-12-36-80(74)85)69-28-16-25-64(52-69)61-41-39-59(40-42-61)60-43-47-71(48-44-60)86-81-37-13-9-33-75(81)77-55-67(45-49-83(77)86)68-46-50-84-78(56-68)76-34-10-14-38-82(76)87(84)72-30-18-27-66(54-72)58-21-5-2-6-22-58/h1-56H. The lowest BCUT2D eigenvalue weighted by atomic mass is 9.67. The van der Waals surface area contributed by atoms with Gasteiger partial charge in [0.1, 0.15) is 0 Å². The van der Waals surface area contributed by atoms with Crippen LogP contribution in [0.4, 0.5) is 0 Å². The Morgan fingerprint density at radius 3 is 1.06 bits per heavy atom. The topological polar surface area (TPSA) is 9.86 Å². The van der Waals surface area contributed by atoms with E-state index in [2.05, 4.69) is 349 Å². The van der Waals surface area contributed by atoms with Gasteiger partial charge >= 0.3 is 0 Å². The Labute approximate surface area is 506 Å². The molecule has 0 amide bonds. The van der Waals surface area contributed by atoms with Crippen LogP contribution in [-0.4, -0.2) is 9.13 Å². The first-order valence-electron chi connectivity index (χ1n) is 30.1. The zero-order valence-corrected chi connectivity index (χ0v) is 47.7. The van der Waals surface area contributed by atoms with Crippen LogP contribution in [-0.2, 0) is 5.41 Å². The highest BCUT2D eigenvalue weighted by Crippen LogP contribution is 2.57. The van der Waals surface area contributed by atoms with Gasteiger partial charge in [0, 0.05) is 32.9 Å². The lowest BCUT2D eigenvalue weighted by molar-refractivity contribution is 0.769. The number of aromatic nitrogens is 2. The molecule has 2 heteroatoms. The van der Waals surface area contributed by atoms with Crippen LogP contribution in [0.3, 0.4) is 0 Å². The molecular weight excluding hydrogens is 1050 g/mol. The van der Waals surface area contributed by atoms with Gasteiger partial charge in [0.25, 0.3) is 0 Å². The van der Waals surface area contributed by atoms with Gasteiger partial charge in [-0.3, -0.25) is 0 Å². The van der Waals surface area contributed by atoms with Crippen LogP contribution in [0.1, 0.15) is 22.3 Å². The van der Waals surface area contributed by atoms with Gasteiger partial charge in [-0.25, -0.2) is 0 Å². The molecule has 0 unspecified atom stereocenters. The fourth-order valence-corrected chi connectivity index (χ4v) is 14.4. The van der Waals surface area contributed by atoms with E-state index in [4.69, 9.17) is 0 Å². The summed E-state index contributed by atoms with van der Waals surface area (Å²) in [6.07, 6.45) is 0. The normalized spacial score (nSPS) is 12.5. The molecule has 1 aliphatic carbocycles. The number of benzene rings is 14. The van der Waals surface area contributed by atoms with Crippen molar-refractivity contribution < 1.29 is 0 Å². The Hall–Kier alpha value is -11.3. The molecule has 0 bridgehead atoms. The second-order valence-electron chi connectivity index (χ2n) is 23.2.